The summed E-state index contributed by atoms with van der Waals surface area (Å²) in [5.74, 6) is 0.808. The highest BCUT2D eigenvalue weighted by molar-refractivity contribution is 9.10. The van der Waals surface area contributed by atoms with Crippen LogP contribution in [0.1, 0.15) is 20.8 Å². The molecule has 0 radical (unpaired) electrons. The molecule has 1 aromatic carbocycles. The number of halogens is 1. The van der Waals surface area contributed by atoms with Crippen molar-refractivity contribution in [2.45, 2.75) is 66.1 Å². The number of hydrogen-bond donors (Lipinski definition) is 0. The summed E-state index contributed by atoms with van der Waals surface area (Å²) in [6.07, 6.45) is -0.950. The molecule has 2 nitrogen and oxygen atoms in total. The summed E-state index contributed by atoms with van der Waals surface area (Å²) < 4.78 is 17.8. The predicted octanol–water partition coefficient (Wildman–Crippen LogP) is 6.02. The van der Waals surface area contributed by atoms with Crippen molar-refractivity contribution in [2.75, 3.05) is 4.23 Å². The SMILES string of the molecule is [2H]C(C)(C)Oc1cc(Br)c(C)cc1N([Si](C)(C)C)[Si](C)(C)C. The van der Waals surface area contributed by atoms with Crippen molar-refractivity contribution in [3.05, 3.63) is 22.2 Å². The van der Waals surface area contributed by atoms with Gasteiger partial charge in [0.2, 0.25) is 0 Å². The second-order valence-corrected chi connectivity index (χ2v) is 18.6. The minimum absolute atomic E-state index is 0.808. The maximum Gasteiger partial charge on any atom is 0.142 e. The quantitative estimate of drug-likeness (QED) is 0.571. The van der Waals surface area contributed by atoms with Crippen LogP contribution in [0.5, 0.6) is 5.75 Å². The monoisotopic (exact) mass is 388 g/mol. The largest absolute Gasteiger partial charge is 0.489 e. The van der Waals surface area contributed by atoms with E-state index in [0.29, 0.717) is 0 Å². The molecule has 0 aliphatic carbocycles. The molecule has 120 valence electrons. The lowest BCUT2D eigenvalue weighted by Gasteiger charge is -2.46. The molecule has 0 amide bonds. The van der Waals surface area contributed by atoms with Gasteiger partial charge >= 0.3 is 0 Å². The van der Waals surface area contributed by atoms with Crippen LogP contribution in [-0.2, 0) is 0 Å². The number of aryl methyl sites for hydroxylation is 1. The van der Waals surface area contributed by atoms with Crippen molar-refractivity contribution in [1.82, 2.24) is 0 Å². The second kappa shape index (κ2) is 6.46. The van der Waals surface area contributed by atoms with Crippen LogP contribution in [0.15, 0.2) is 16.6 Å². The van der Waals surface area contributed by atoms with Crippen molar-refractivity contribution in [3.8, 4) is 5.75 Å². The molecule has 5 heteroatoms. The highest BCUT2D eigenvalue weighted by atomic mass is 79.9. The summed E-state index contributed by atoms with van der Waals surface area (Å²) in [5.41, 5.74) is 2.35. The zero-order chi connectivity index (χ0) is 17.5. The molecular weight excluding hydrogens is 358 g/mol. The highest BCUT2D eigenvalue weighted by Gasteiger charge is 2.36. The number of ether oxygens (including phenoxy) is 1. The molecule has 21 heavy (non-hydrogen) atoms. The fourth-order valence-electron chi connectivity index (χ4n) is 2.85. The van der Waals surface area contributed by atoms with E-state index in [-0.39, 0.29) is 0 Å². The Morgan fingerprint density at radius 1 is 1.10 bits per heavy atom. The summed E-state index contributed by atoms with van der Waals surface area (Å²) in [5, 5.41) is 0. The Balaban J connectivity index is 3.58. The van der Waals surface area contributed by atoms with E-state index < -0.39 is 22.6 Å². The molecule has 1 aromatic rings. The Bertz CT molecular complexity index is 531. The Hall–Kier alpha value is -0.266. The Morgan fingerprint density at radius 3 is 1.95 bits per heavy atom. The normalized spacial score (nSPS) is 13.9. The summed E-state index contributed by atoms with van der Waals surface area (Å²) >= 11 is 3.60. The van der Waals surface area contributed by atoms with E-state index in [2.05, 4.69) is 72.4 Å². The van der Waals surface area contributed by atoms with Crippen LogP contribution in [-0.4, -0.2) is 22.6 Å². The lowest BCUT2D eigenvalue weighted by atomic mass is 10.2. The molecule has 0 fully saturated rings. The first-order valence-corrected chi connectivity index (χ1v) is 15.1. The summed E-state index contributed by atoms with van der Waals surface area (Å²) in [4.78, 5) is 0. The maximum absolute atomic E-state index is 8.11. The molecule has 0 aliphatic heterocycles. The molecular formula is C16H30BrNOSi2. The lowest BCUT2D eigenvalue weighted by molar-refractivity contribution is 0.243. The third-order valence-corrected chi connectivity index (χ3v) is 11.2. The van der Waals surface area contributed by atoms with Crippen LogP contribution in [0, 0.1) is 6.92 Å². The van der Waals surface area contributed by atoms with Crippen LogP contribution >= 0.6 is 15.9 Å². The summed E-state index contributed by atoms with van der Waals surface area (Å²) in [6.45, 7) is 19.9. The molecule has 0 saturated carbocycles. The maximum atomic E-state index is 8.11. The number of benzene rings is 1. The summed E-state index contributed by atoms with van der Waals surface area (Å²) in [6, 6.07) is 4.23. The predicted molar refractivity (Wildman–Crippen MR) is 104 cm³/mol. The topological polar surface area (TPSA) is 12.5 Å². The highest BCUT2D eigenvalue weighted by Crippen LogP contribution is 2.39. The van der Waals surface area contributed by atoms with Crippen LogP contribution in [0.4, 0.5) is 5.69 Å². The molecule has 0 aromatic heterocycles. The zero-order valence-corrected chi connectivity index (χ0v) is 18.5. The van der Waals surface area contributed by atoms with Crippen molar-refractivity contribution < 1.29 is 6.11 Å². The molecule has 0 atom stereocenters. The molecule has 0 aliphatic rings. The van der Waals surface area contributed by atoms with E-state index in [1.807, 2.05) is 6.07 Å². The number of hydrogen-bond acceptors (Lipinski definition) is 2. The molecule has 0 bridgehead atoms. The van der Waals surface area contributed by atoms with Gasteiger partial charge in [-0.25, -0.2) is 0 Å². The lowest BCUT2D eigenvalue weighted by Crippen LogP contribution is -2.59. The van der Waals surface area contributed by atoms with Crippen molar-refractivity contribution in [2.24, 2.45) is 0 Å². The van der Waals surface area contributed by atoms with Crippen molar-refractivity contribution in [3.63, 3.8) is 0 Å². The van der Waals surface area contributed by atoms with Crippen molar-refractivity contribution >= 4 is 38.1 Å². The van der Waals surface area contributed by atoms with Gasteiger partial charge in [-0.3, -0.25) is 0 Å². The number of rotatable bonds is 5. The molecule has 0 saturated heterocycles. The Morgan fingerprint density at radius 2 is 1.57 bits per heavy atom. The van der Waals surface area contributed by atoms with Gasteiger partial charge in [-0.1, -0.05) is 55.2 Å². The van der Waals surface area contributed by atoms with E-state index >= 15 is 0 Å². The number of nitrogens with zero attached hydrogens (tertiary/aromatic N) is 1. The average molecular weight is 390 g/mol. The van der Waals surface area contributed by atoms with Crippen LogP contribution in [0.25, 0.3) is 0 Å². The zero-order valence-electron chi connectivity index (χ0n) is 15.9. The van der Waals surface area contributed by atoms with Crippen LogP contribution in [0.2, 0.25) is 39.3 Å². The average Bonchev–Trinajstić information content (AvgIpc) is 2.19. The van der Waals surface area contributed by atoms with Gasteiger partial charge in [-0.15, -0.1) is 0 Å². The Labute approximate surface area is 142 Å². The van der Waals surface area contributed by atoms with E-state index in [1.165, 1.54) is 5.56 Å². The van der Waals surface area contributed by atoms with Gasteiger partial charge in [0.15, 0.2) is 0 Å². The van der Waals surface area contributed by atoms with Crippen LogP contribution in [0.3, 0.4) is 0 Å². The van der Waals surface area contributed by atoms with Gasteiger partial charge in [0.25, 0.3) is 0 Å². The first-order valence-electron chi connectivity index (χ1n) is 7.92. The van der Waals surface area contributed by atoms with Gasteiger partial charge in [0.1, 0.15) is 22.2 Å². The Kier molecular flexibility index (Phi) is 5.26. The molecule has 0 heterocycles. The van der Waals surface area contributed by atoms with E-state index in [0.717, 1.165) is 15.9 Å². The summed E-state index contributed by atoms with van der Waals surface area (Å²) in [7, 11) is -3.14. The van der Waals surface area contributed by atoms with Crippen LogP contribution < -0.4 is 8.97 Å². The van der Waals surface area contributed by atoms with Gasteiger partial charge in [0.05, 0.1) is 13.1 Å². The van der Waals surface area contributed by atoms with Crippen molar-refractivity contribution in [1.29, 1.82) is 0 Å². The first-order chi connectivity index (χ1) is 9.63. The fourth-order valence-corrected chi connectivity index (χ4v) is 13.0. The molecule has 0 unspecified atom stereocenters. The molecule has 0 spiro atoms. The molecule has 0 N–H and O–H groups in total. The van der Waals surface area contributed by atoms with Gasteiger partial charge in [-0.2, -0.15) is 0 Å². The fraction of sp³-hybridized carbons (Fsp3) is 0.625. The van der Waals surface area contributed by atoms with E-state index in [9.17, 15) is 0 Å². The minimum Gasteiger partial charge on any atom is -0.489 e. The van der Waals surface area contributed by atoms with Gasteiger partial charge in [-0.05, 0) is 38.5 Å². The smallest absolute Gasteiger partial charge is 0.142 e. The number of anilines is 1. The first kappa shape index (κ1) is 17.1. The van der Waals surface area contributed by atoms with E-state index in [4.69, 9.17) is 6.11 Å². The third-order valence-electron chi connectivity index (χ3n) is 3.14. The third kappa shape index (κ3) is 4.86. The minimum atomic E-state index is -1.57. The van der Waals surface area contributed by atoms with Gasteiger partial charge < -0.3 is 8.97 Å². The standard InChI is InChI=1S/C16H30BrNOSi2/c1-12(2)19-16-11-14(17)13(3)10-15(16)18(20(4,5)6)21(7,8)9/h10-12H,1-9H3/i12D. The van der Waals surface area contributed by atoms with Gasteiger partial charge in [0, 0.05) is 4.47 Å². The second-order valence-electron chi connectivity index (χ2n) is 7.76. The molecule has 1 rings (SSSR count). The van der Waals surface area contributed by atoms with E-state index in [1.54, 1.807) is 13.8 Å².